The van der Waals surface area contributed by atoms with Crippen LogP contribution in [0.4, 0.5) is 0 Å². The minimum absolute atomic E-state index is 0.0820. The van der Waals surface area contributed by atoms with Gasteiger partial charge in [-0.25, -0.2) is 4.79 Å². The molecule has 2 N–H and O–H groups in total. The average Bonchev–Trinajstić information content (AvgIpc) is 3.65. The number of aliphatic hydroxyl groups is 1. The predicted molar refractivity (Wildman–Crippen MR) is 154 cm³/mol. The predicted octanol–water partition coefficient (Wildman–Crippen LogP) is 8.38. The average molecular weight is 601 g/mol. The molecule has 9 heteroatoms. The number of carboxylic acid groups (broad SMARTS) is 1. The lowest BCUT2D eigenvalue weighted by atomic mass is 9.61. The van der Waals surface area contributed by atoms with Crippen LogP contribution in [0.25, 0.3) is 11.3 Å². The van der Waals surface area contributed by atoms with E-state index in [0.29, 0.717) is 57.3 Å². The first-order valence-corrected chi connectivity index (χ1v) is 14.5. The third kappa shape index (κ3) is 5.18. The number of aryl methyl sites for hydroxylation is 1. The molecule has 0 aliphatic heterocycles. The van der Waals surface area contributed by atoms with Gasteiger partial charge in [-0.1, -0.05) is 52.1 Å². The van der Waals surface area contributed by atoms with Gasteiger partial charge in [0.2, 0.25) is 0 Å². The highest BCUT2D eigenvalue weighted by molar-refractivity contribution is 6.39. The zero-order valence-corrected chi connectivity index (χ0v) is 24.1. The molecule has 0 radical (unpaired) electrons. The van der Waals surface area contributed by atoms with Gasteiger partial charge in [-0.15, -0.1) is 0 Å². The van der Waals surface area contributed by atoms with Crippen LogP contribution in [-0.2, 0) is 11.3 Å². The van der Waals surface area contributed by atoms with Gasteiger partial charge in [0.15, 0.2) is 0 Å². The monoisotopic (exact) mass is 599 g/mol. The SMILES string of the molecule is Cc1cc(C(=O)O)cc([C@H]2C[C@](O)(C3CC=C(OCc4c(-c5c(Cl)cccc5Cl)noc4C4CC4)C=C3Cl)C2)c1. The second-order valence-electron chi connectivity index (χ2n) is 11.1. The van der Waals surface area contributed by atoms with E-state index >= 15 is 0 Å². The topological polar surface area (TPSA) is 92.8 Å². The summed E-state index contributed by atoms with van der Waals surface area (Å²) in [5, 5.41) is 26.6. The number of rotatable bonds is 8. The fourth-order valence-electron chi connectivity index (χ4n) is 5.91. The van der Waals surface area contributed by atoms with Crippen LogP contribution in [0.15, 0.2) is 63.9 Å². The number of nitrogens with zero attached hydrogens (tertiary/aromatic N) is 1. The second kappa shape index (κ2) is 10.6. The van der Waals surface area contributed by atoms with Gasteiger partial charge in [0.25, 0.3) is 0 Å². The van der Waals surface area contributed by atoms with E-state index in [1.54, 1.807) is 36.4 Å². The summed E-state index contributed by atoms with van der Waals surface area (Å²) in [5.41, 5.74) is 3.16. The van der Waals surface area contributed by atoms with Crippen LogP contribution in [0.1, 0.15) is 76.7 Å². The van der Waals surface area contributed by atoms with Crippen molar-refractivity contribution in [3.8, 4) is 11.3 Å². The van der Waals surface area contributed by atoms with Crippen molar-refractivity contribution in [2.24, 2.45) is 5.92 Å². The van der Waals surface area contributed by atoms with Gasteiger partial charge in [-0.3, -0.25) is 0 Å². The fraction of sp³-hybridized carbons (Fsp3) is 0.355. The zero-order chi connectivity index (χ0) is 28.2. The molecule has 3 aliphatic carbocycles. The molecule has 2 saturated carbocycles. The van der Waals surface area contributed by atoms with Crippen molar-refractivity contribution in [2.75, 3.05) is 0 Å². The highest BCUT2D eigenvalue weighted by atomic mass is 35.5. The molecule has 1 aromatic heterocycles. The third-order valence-corrected chi connectivity index (χ3v) is 9.19. The largest absolute Gasteiger partial charge is 0.489 e. The Balaban J connectivity index is 1.15. The molecule has 1 atom stereocenters. The number of carboxylic acids is 1. The van der Waals surface area contributed by atoms with Crippen molar-refractivity contribution in [1.29, 1.82) is 0 Å². The Kier molecular flexibility index (Phi) is 7.24. The van der Waals surface area contributed by atoms with Crippen LogP contribution >= 0.6 is 34.8 Å². The first-order valence-electron chi connectivity index (χ1n) is 13.3. The van der Waals surface area contributed by atoms with E-state index < -0.39 is 11.6 Å². The van der Waals surface area contributed by atoms with Gasteiger partial charge in [0, 0.05) is 22.4 Å². The van der Waals surface area contributed by atoms with Crippen molar-refractivity contribution in [3.05, 3.63) is 97.4 Å². The molecule has 6 rings (SSSR count). The maximum atomic E-state index is 11.5. The standard InChI is InChI=1S/C31H28Cl3NO5/c1-16-9-18(11-19(10-16)30(36)37)20-13-31(38,14-20)23-8-7-21(12-26(23)34)39-15-22-28(35-40-29(22)17-5-6-17)27-24(32)3-2-4-25(27)33/h2-4,7,9-12,17,20,23,38H,5-6,8,13-15H2,1H3,(H,36,37)/t20-,23?,31+. The highest BCUT2D eigenvalue weighted by Gasteiger charge is 2.50. The number of halogens is 3. The smallest absolute Gasteiger partial charge is 0.335 e. The minimum atomic E-state index is -0.963. The van der Waals surface area contributed by atoms with E-state index in [0.717, 1.165) is 35.3 Å². The molecule has 2 fully saturated rings. The number of hydrogen-bond donors (Lipinski definition) is 2. The normalized spacial score (nSPS) is 24.2. The number of aromatic nitrogens is 1. The lowest BCUT2D eigenvalue weighted by Gasteiger charge is -2.49. The Morgan fingerprint density at radius 1 is 1.12 bits per heavy atom. The van der Waals surface area contributed by atoms with Crippen LogP contribution < -0.4 is 0 Å². The molecule has 0 saturated heterocycles. The van der Waals surface area contributed by atoms with Crippen LogP contribution in [-0.4, -0.2) is 26.9 Å². The Bertz CT molecular complexity index is 1530. The molecule has 0 amide bonds. The van der Waals surface area contributed by atoms with Crippen LogP contribution in [0.3, 0.4) is 0 Å². The number of aromatic carboxylic acids is 1. The maximum Gasteiger partial charge on any atom is 0.335 e. The Morgan fingerprint density at radius 2 is 1.85 bits per heavy atom. The summed E-state index contributed by atoms with van der Waals surface area (Å²) in [7, 11) is 0. The van der Waals surface area contributed by atoms with E-state index in [9.17, 15) is 15.0 Å². The maximum absolute atomic E-state index is 11.5. The molecular formula is C31H28Cl3NO5. The summed E-state index contributed by atoms with van der Waals surface area (Å²) in [6.07, 6.45) is 7.35. The minimum Gasteiger partial charge on any atom is -0.489 e. The molecule has 0 bridgehead atoms. The molecule has 1 heterocycles. The highest BCUT2D eigenvalue weighted by Crippen LogP contribution is 2.53. The lowest BCUT2D eigenvalue weighted by molar-refractivity contribution is -0.0836. The number of hydrogen-bond acceptors (Lipinski definition) is 5. The van der Waals surface area contributed by atoms with E-state index in [-0.39, 0.29) is 24.0 Å². The first kappa shape index (κ1) is 27.4. The van der Waals surface area contributed by atoms with Crippen molar-refractivity contribution in [1.82, 2.24) is 5.16 Å². The Labute approximate surface area is 247 Å². The van der Waals surface area contributed by atoms with E-state index in [1.165, 1.54) is 0 Å². The first-order chi connectivity index (χ1) is 19.1. The van der Waals surface area contributed by atoms with Gasteiger partial charge in [0.05, 0.1) is 26.8 Å². The molecule has 2 aromatic carbocycles. The molecule has 3 aliphatic rings. The van der Waals surface area contributed by atoms with Crippen LogP contribution in [0, 0.1) is 12.8 Å². The summed E-state index contributed by atoms with van der Waals surface area (Å²) in [6, 6.07) is 10.7. The van der Waals surface area contributed by atoms with Crippen molar-refractivity contribution < 1.29 is 24.3 Å². The number of carbonyl (C=O) groups is 1. The second-order valence-corrected chi connectivity index (χ2v) is 12.4. The molecule has 3 aromatic rings. The number of ether oxygens (including phenoxy) is 1. The summed E-state index contributed by atoms with van der Waals surface area (Å²) in [4.78, 5) is 11.5. The third-order valence-electron chi connectivity index (χ3n) is 8.18. The van der Waals surface area contributed by atoms with Gasteiger partial charge < -0.3 is 19.5 Å². The van der Waals surface area contributed by atoms with E-state index in [4.69, 9.17) is 44.1 Å². The van der Waals surface area contributed by atoms with E-state index in [1.807, 2.05) is 19.1 Å². The molecule has 208 valence electrons. The Morgan fingerprint density at radius 3 is 2.50 bits per heavy atom. The van der Waals surface area contributed by atoms with Crippen molar-refractivity contribution in [3.63, 3.8) is 0 Å². The van der Waals surface area contributed by atoms with E-state index in [2.05, 4.69) is 5.16 Å². The zero-order valence-electron chi connectivity index (χ0n) is 21.8. The Hall–Kier alpha value is -2.77. The molecule has 1 unspecified atom stereocenters. The summed E-state index contributed by atoms with van der Waals surface area (Å²) < 4.78 is 11.9. The molecule has 6 nitrogen and oxygen atoms in total. The van der Waals surface area contributed by atoms with Crippen LogP contribution in [0.5, 0.6) is 0 Å². The molecular weight excluding hydrogens is 573 g/mol. The van der Waals surface area contributed by atoms with Crippen molar-refractivity contribution in [2.45, 2.75) is 63.1 Å². The van der Waals surface area contributed by atoms with Crippen molar-refractivity contribution >= 4 is 40.8 Å². The molecule has 0 spiro atoms. The van der Waals surface area contributed by atoms with Crippen LogP contribution in [0.2, 0.25) is 10.0 Å². The quantitative estimate of drug-likeness (QED) is 0.270. The molecule has 40 heavy (non-hydrogen) atoms. The summed E-state index contributed by atoms with van der Waals surface area (Å²) >= 11 is 19.7. The van der Waals surface area contributed by atoms with Gasteiger partial charge in [-0.05, 0) is 92.5 Å². The summed E-state index contributed by atoms with van der Waals surface area (Å²) in [5.74, 6) is 0.603. The van der Waals surface area contributed by atoms with Gasteiger partial charge in [0.1, 0.15) is 23.8 Å². The lowest BCUT2D eigenvalue weighted by Crippen LogP contribution is -2.49. The fourth-order valence-corrected chi connectivity index (χ4v) is 6.88. The summed E-state index contributed by atoms with van der Waals surface area (Å²) in [6.45, 7) is 2.10. The number of allylic oxidation sites excluding steroid dienone is 2. The van der Waals surface area contributed by atoms with Gasteiger partial charge in [-0.2, -0.15) is 0 Å². The van der Waals surface area contributed by atoms with Gasteiger partial charge >= 0.3 is 5.97 Å². The number of benzene rings is 2.